The zero-order valence-corrected chi connectivity index (χ0v) is 10.8. The van der Waals surface area contributed by atoms with Gasteiger partial charge in [0.1, 0.15) is 5.75 Å². The molecule has 3 nitrogen and oxygen atoms in total. The molecule has 3 heteroatoms. The first kappa shape index (κ1) is 13.7. The molecule has 0 aliphatic heterocycles. The zero-order chi connectivity index (χ0) is 12.7. The highest BCUT2D eigenvalue weighted by Crippen LogP contribution is 2.15. The molecular formula is C14H21NO2. The molecule has 1 aromatic carbocycles. The van der Waals surface area contributed by atoms with Crippen molar-refractivity contribution in [1.82, 2.24) is 5.32 Å². The van der Waals surface area contributed by atoms with Gasteiger partial charge in [-0.3, -0.25) is 4.79 Å². The minimum absolute atomic E-state index is 0.0393. The quantitative estimate of drug-likeness (QED) is 0.583. The molecule has 17 heavy (non-hydrogen) atoms. The minimum Gasteiger partial charge on any atom is -0.494 e. The average Bonchev–Trinajstić information content (AvgIpc) is 2.34. The Morgan fingerprint density at radius 3 is 2.47 bits per heavy atom. The Kier molecular flexibility index (Phi) is 5.70. The van der Waals surface area contributed by atoms with Gasteiger partial charge in [0.2, 0.25) is 0 Å². The van der Waals surface area contributed by atoms with E-state index in [0.717, 1.165) is 24.3 Å². The number of hydrogen-bond donors (Lipinski definition) is 1. The molecule has 0 unspecified atom stereocenters. The summed E-state index contributed by atoms with van der Waals surface area (Å²) < 4.78 is 5.55. The summed E-state index contributed by atoms with van der Waals surface area (Å²) in [6, 6.07) is 7.37. The predicted molar refractivity (Wildman–Crippen MR) is 69.6 cm³/mol. The van der Waals surface area contributed by atoms with Gasteiger partial charge in [-0.15, -0.1) is 0 Å². The van der Waals surface area contributed by atoms with Crippen LogP contribution in [0.5, 0.6) is 5.75 Å². The van der Waals surface area contributed by atoms with E-state index in [1.165, 1.54) is 0 Å². The van der Waals surface area contributed by atoms with Crippen LogP contribution >= 0.6 is 0 Å². The van der Waals surface area contributed by atoms with Gasteiger partial charge in [-0.25, -0.2) is 0 Å². The van der Waals surface area contributed by atoms with Crippen LogP contribution < -0.4 is 10.1 Å². The van der Waals surface area contributed by atoms with E-state index in [1.54, 1.807) is 0 Å². The Balaban J connectivity index is 2.47. The second-order valence-corrected chi connectivity index (χ2v) is 4.35. The van der Waals surface area contributed by atoms with Crippen LogP contribution in [0.15, 0.2) is 24.3 Å². The van der Waals surface area contributed by atoms with Gasteiger partial charge in [0.25, 0.3) is 0 Å². The van der Waals surface area contributed by atoms with Crippen molar-refractivity contribution in [3.63, 3.8) is 0 Å². The van der Waals surface area contributed by atoms with Crippen LogP contribution in [0.2, 0.25) is 0 Å². The summed E-state index contributed by atoms with van der Waals surface area (Å²) in [6.45, 7) is 5.46. The molecule has 0 saturated carbocycles. The maximum absolute atomic E-state index is 11.7. The molecular weight excluding hydrogens is 214 g/mol. The van der Waals surface area contributed by atoms with Crippen LogP contribution in [0.25, 0.3) is 0 Å². The lowest BCUT2D eigenvalue weighted by molar-refractivity contribution is 0.0939. The lowest BCUT2D eigenvalue weighted by atomic mass is 10.0. The number of carbonyl (C=O) groups is 1. The maximum atomic E-state index is 11.7. The lowest BCUT2D eigenvalue weighted by Gasteiger charge is -2.07. The standard InChI is InChI=1S/C14H21NO2/c1-11(2)14(16)12-5-7-13(8-6-12)17-10-4-9-15-3/h5-8,11,15H,4,9-10H2,1-3H3. The molecule has 1 rings (SSSR count). The summed E-state index contributed by atoms with van der Waals surface area (Å²) in [5.41, 5.74) is 0.752. The molecule has 0 radical (unpaired) electrons. The summed E-state index contributed by atoms with van der Waals surface area (Å²) in [5, 5.41) is 3.07. The third-order valence-electron chi connectivity index (χ3n) is 2.50. The largest absolute Gasteiger partial charge is 0.494 e. The van der Waals surface area contributed by atoms with Gasteiger partial charge in [-0.05, 0) is 44.3 Å². The van der Waals surface area contributed by atoms with Crippen molar-refractivity contribution in [3.05, 3.63) is 29.8 Å². The van der Waals surface area contributed by atoms with Gasteiger partial charge < -0.3 is 10.1 Å². The molecule has 0 saturated heterocycles. The van der Waals surface area contributed by atoms with Gasteiger partial charge in [0.15, 0.2) is 5.78 Å². The molecule has 0 fully saturated rings. The average molecular weight is 235 g/mol. The fraction of sp³-hybridized carbons (Fsp3) is 0.500. The fourth-order valence-corrected chi connectivity index (χ4v) is 1.49. The highest BCUT2D eigenvalue weighted by Gasteiger charge is 2.09. The summed E-state index contributed by atoms with van der Waals surface area (Å²) in [4.78, 5) is 11.7. The number of nitrogens with one attached hydrogen (secondary N) is 1. The molecule has 1 aromatic rings. The van der Waals surface area contributed by atoms with Crippen LogP contribution in [-0.4, -0.2) is 26.0 Å². The van der Waals surface area contributed by atoms with Gasteiger partial charge in [-0.2, -0.15) is 0 Å². The number of carbonyl (C=O) groups excluding carboxylic acids is 1. The molecule has 0 amide bonds. The molecule has 0 aliphatic carbocycles. The molecule has 94 valence electrons. The van der Waals surface area contributed by atoms with Crippen LogP contribution in [-0.2, 0) is 0 Å². The fourth-order valence-electron chi connectivity index (χ4n) is 1.49. The number of ether oxygens (including phenoxy) is 1. The van der Waals surface area contributed by atoms with Crippen LogP contribution in [0, 0.1) is 5.92 Å². The van der Waals surface area contributed by atoms with Crippen molar-refractivity contribution >= 4 is 5.78 Å². The van der Waals surface area contributed by atoms with Gasteiger partial charge in [0, 0.05) is 11.5 Å². The summed E-state index contributed by atoms with van der Waals surface area (Å²) in [7, 11) is 1.92. The molecule has 0 bridgehead atoms. The second-order valence-electron chi connectivity index (χ2n) is 4.35. The molecule has 0 heterocycles. The van der Waals surface area contributed by atoms with Gasteiger partial charge in [0.05, 0.1) is 6.61 Å². The SMILES string of the molecule is CNCCCOc1ccc(C(=O)C(C)C)cc1. The number of benzene rings is 1. The molecule has 0 aromatic heterocycles. The van der Waals surface area contributed by atoms with E-state index in [1.807, 2.05) is 45.2 Å². The van der Waals surface area contributed by atoms with E-state index >= 15 is 0 Å². The van der Waals surface area contributed by atoms with Crippen molar-refractivity contribution in [1.29, 1.82) is 0 Å². The Hall–Kier alpha value is -1.35. The first-order valence-corrected chi connectivity index (χ1v) is 6.07. The van der Waals surface area contributed by atoms with Gasteiger partial charge in [-0.1, -0.05) is 13.8 Å². The Morgan fingerprint density at radius 2 is 1.94 bits per heavy atom. The summed E-state index contributed by atoms with van der Waals surface area (Å²) in [6.07, 6.45) is 0.975. The molecule has 0 aliphatic rings. The summed E-state index contributed by atoms with van der Waals surface area (Å²) in [5.74, 6) is 1.03. The van der Waals surface area contributed by atoms with Crippen LogP contribution in [0.4, 0.5) is 0 Å². The van der Waals surface area contributed by atoms with Crippen LogP contribution in [0.1, 0.15) is 30.6 Å². The number of rotatable bonds is 7. The maximum Gasteiger partial charge on any atom is 0.165 e. The highest BCUT2D eigenvalue weighted by atomic mass is 16.5. The number of Topliss-reactive ketones (excluding diaryl/α,β-unsaturated/α-hetero) is 1. The normalized spacial score (nSPS) is 10.6. The monoisotopic (exact) mass is 235 g/mol. The topological polar surface area (TPSA) is 38.3 Å². The van der Waals surface area contributed by atoms with E-state index in [0.29, 0.717) is 6.61 Å². The Morgan fingerprint density at radius 1 is 1.29 bits per heavy atom. The number of hydrogen-bond acceptors (Lipinski definition) is 3. The molecule has 1 N–H and O–H groups in total. The van der Waals surface area contributed by atoms with Crippen LogP contribution in [0.3, 0.4) is 0 Å². The van der Waals surface area contributed by atoms with E-state index < -0.39 is 0 Å². The third kappa shape index (κ3) is 4.57. The first-order chi connectivity index (χ1) is 8.15. The number of ketones is 1. The van der Waals surface area contributed by atoms with E-state index in [4.69, 9.17) is 4.74 Å². The smallest absolute Gasteiger partial charge is 0.165 e. The lowest BCUT2D eigenvalue weighted by Crippen LogP contribution is -2.11. The van der Waals surface area contributed by atoms with Gasteiger partial charge >= 0.3 is 0 Å². The van der Waals surface area contributed by atoms with E-state index in [9.17, 15) is 4.79 Å². The van der Waals surface area contributed by atoms with Crippen molar-refractivity contribution < 1.29 is 9.53 Å². The van der Waals surface area contributed by atoms with E-state index in [2.05, 4.69) is 5.32 Å². The van der Waals surface area contributed by atoms with Crippen molar-refractivity contribution in [2.45, 2.75) is 20.3 Å². The second kappa shape index (κ2) is 7.07. The predicted octanol–water partition coefficient (Wildman–Crippen LogP) is 2.51. The van der Waals surface area contributed by atoms with E-state index in [-0.39, 0.29) is 11.7 Å². The highest BCUT2D eigenvalue weighted by molar-refractivity contribution is 5.97. The van der Waals surface area contributed by atoms with Crippen molar-refractivity contribution in [3.8, 4) is 5.75 Å². The third-order valence-corrected chi connectivity index (χ3v) is 2.50. The first-order valence-electron chi connectivity index (χ1n) is 6.07. The Labute approximate surface area is 103 Å². The Bertz CT molecular complexity index is 344. The molecule has 0 atom stereocenters. The van der Waals surface area contributed by atoms with Crippen molar-refractivity contribution in [2.24, 2.45) is 5.92 Å². The van der Waals surface area contributed by atoms with Crippen molar-refractivity contribution in [2.75, 3.05) is 20.2 Å². The zero-order valence-electron chi connectivity index (χ0n) is 10.8. The molecule has 0 spiro atoms. The minimum atomic E-state index is 0.0393. The summed E-state index contributed by atoms with van der Waals surface area (Å²) >= 11 is 0.